The van der Waals surface area contributed by atoms with Crippen molar-refractivity contribution in [3.8, 4) is 0 Å². The van der Waals surface area contributed by atoms with Crippen molar-refractivity contribution in [2.24, 2.45) is 11.8 Å². The first-order chi connectivity index (χ1) is 10.8. The van der Waals surface area contributed by atoms with Crippen molar-refractivity contribution in [2.45, 2.75) is 47.1 Å². The van der Waals surface area contributed by atoms with E-state index in [0.717, 1.165) is 13.1 Å². The third-order valence-electron chi connectivity index (χ3n) is 4.90. The molecule has 1 aliphatic heterocycles. The zero-order valence-electron chi connectivity index (χ0n) is 15.0. The van der Waals surface area contributed by atoms with Crippen LogP contribution in [0.15, 0.2) is 0 Å². The summed E-state index contributed by atoms with van der Waals surface area (Å²) in [7, 11) is 1.36. The number of aryl methyl sites for hydroxylation is 1. The first kappa shape index (κ1) is 17.7. The number of ether oxygens (including phenoxy) is 1. The van der Waals surface area contributed by atoms with Crippen LogP contribution < -0.4 is 0 Å². The molecule has 1 N–H and O–H groups in total. The molecule has 1 saturated heterocycles. The van der Waals surface area contributed by atoms with Crippen molar-refractivity contribution in [1.29, 1.82) is 0 Å². The van der Waals surface area contributed by atoms with Gasteiger partial charge in [0.1, 0.15) is 0 Å². The number of aromatic amines is 1. The molecular weight excluding hydrogens is 292 g/mol. The standard InChI is InChI=1S/C18H28N2O3/c1-10-7-11(2)9-20(8-10)14(5)17(21)16-12(3)15(13(4)19-16)18(22)23-6/h10-11,14,19H,7-9H2,1-6H3/t10-,11-,14+/m0/s1. The number of carbonyl (C=O) groups is 2. The molecule has 1 fully saturated rings. The molecule has 5 heteroatoms. The summed E-state index contributed by atoms with van der Waals surface area (Å²) in [4.78, 5) is 30.2. The molecule has 0 amide bonds. The molecule has 2 rings (SSSR count). The van der Waals surface area contributed by atoms with E-state index in [1.165, 1.54) is 13.5 Å². The molecule has 5 nitrogen and oxygen atoms in total. The highest BCUT2D eigenvalue weighted by Gasteiger charge is 2.32. The predicted octanol–water partition coefficient (Wildman–Crippen LogP) is 2.97. The maximum atomic E-state index is 12.9. The number of Topliss-reactive ketones (excluding diaryl/α,β-unsaturated/α-hetero) is 1. The summed E-state index contributed by atoms with van der Waals surface area (Å²) >= 11 is 0. The number of aromatic nitrogens is 1. The maximum absolute atomic E-state index is 12.9. The minimum Gasteiger partial charge on any atom is -0.465 e. The highest BCUT2D eigenvalue weighted by atomic mass is 16.5. The van der Waals surface area contributed by atoms with Crippen LogP contribution in [0.3, 0.4) is 0 Å². The lowest BCUT2D eigenvalue weighted by molar-refractivity contribution is 0.0599. The van der Waals surface area contributed by atoms with Gasteiger partial charge in [-0.05, 0) is 44.6 Å². The van der Waals surface area contributed by atoms with Crippen LogP contribution in [0.4, 0.5) is 0 Å². The van der Waals surface area contributed by atoms with Crippen molar-refractivity contribution in [3.05, 3.63) is 22.5 Å². The number of ketones is 1. The molecular formula is C18H28N2O3. The number of methoxy groups -OCH3 is 1. The van der Waals surface area contributed by atoms with Gasteiger partial charge < -0.3 is 9.72 Å². The number of hydrogen-bond donors (Lipinski definition) is 1. The van der Waals surface area contributed by atoms with E-state index in [1.54, 1.807) is 13.8 Å². The van der Waals surface area contributed by atoms with Crippen LogP contribution in [0, 0.1) is 25.7 Å². The van der Waals surface area contributed by atoms with Crippen molar-refractivity contribution < 1.29 is 14.3 Å². The molecule has 3 atom stereocenters. The largest absolute Gasteiger partial charge is 0.465 e. The fourth-order valence-corrected chi connectivity index (χ4v) is 3.81. The van der Waals surface area contributed by atoms with Crippen LogP contribution in [0.25, 0.3) is 0 Å². The van der Waals surface area contributed by atoms with Crippen molar-refractivity contribution in [3.63, 3.8) is 0 Å². The number of esters is 1. The molecule has 1 aromatic rings. The van der Waals surface area contributed by atoms with E-state index in [9.17, 15) is 9.59 Å². The van der Waals surface area contributed by atoms with Gasteiger partial charge >= 0.3 is 5.97 Å². The molecule has 0 unspecified atom stereocenters. The third kappa shape index (κ3) is 3.50. The van der Waals surface area contributed by atoms with Crippen LogP contribution in [-0.4, -0.2) is 47.9 Å². The van der Waals surface area contributed by atoms with Crippen LogP contribution in [0.2, 0.25) is 0 Å². The van der Waals surface area contributed by atoms with Crippen molar-refractivity contribution >= 4 is 11.8 Å². The molecule has 0 spiro atoms. The smallest absolute Gasteiger partial charge is 0.339 e. The summed E-state index contributed by atoms with van der Waals surface area (Å²) in [5, 5.41) is 0. The van der Waals surface area contributed by atoms with E-state index < -0.39 is 5.97 Å². The van der Waals surface area contributed by atoms with Crippen LogP contribution in [-0.2, 0) is 4.74 Å². The Bertz CT molecular complexity index is 596. The molecule has 0 aliphatic carbocycles. The number of likely N-dealkylation sites (tertiary alicyclic amines) is 1. The average Bonchev–Trinajstić information content (AvgIpc) is 2.79. The van der Waals surface area contributed by atoms with Gasteiger partial charge in [0.2, 0.25) is 0 Å². The zero-order chi connectivity index (χ0) is 17.3. The summed E-state index contributed by atoms with van der Waals surface area (Å²) in [5.41, 5.74) is 2.37. The lowest BCUT2D eigenvalue weighted by Gasteiger charge is -2.38. The van der Waals surface area contributed by atoms with Gasteiger partial charge in [0, 0.05) is 18.8 Å². The molecule has 128 valence electrons. The fourth-order valence-electron chi connectivity index (χ4n) is 3.81. The summed E-state index contributed by atoms with van der Waals surface area (Å²) in [5.74, 6) is 0.849. The maximum Gasteiger partial charge on any atom is 0.339 e. The summed E-state index contributed by atoms with van der Waals surface area (Å²) < 4.78 is 4.82. The Morgan fingerprint density at radius 2 is 1.78 bits per heavy atom. The minimum absolute atomic E-state index is 0.0436. The van der Waals surface area contributed by atoms with Gasteiger partial charge in [0.05, 0.1) is 24.4 Å². The lowest BCUT2D eigenvalue weighted by atomic mass is 9.90. The first-order valence-corrected chi connectivity index (χ1v) is 8.31. The Hall–Kier alpha value is -1.62. The normalized spacial score (nSPS) is 23.6. The third-order valence-corrected chi connectivity index (χ3v) is 4.90. The van der Waals surface area contributed by atoms with Crippen LogP contribution in [0.5, 0.6) is 0 Å². The number of nitrogens with one attached hydrogen (secondary N) is 1. The topological polar surface area (TPSA) is 62.4 Å². The Kier molecular flexibility index (Phi) is 5.30. The van der Waals surface area contributed by atoms with Crippen molar-refractivity contribution in [1.82, 2.24) is 9.88 Å². The molecule has 0 aromatic carbocycles. The quantitative estimate of drug-likeness (QED) is 0.684. The number of H-pyrrole nitrogens is 1. The minimum atomic E-state index is -0.400. The molecule has 0 radical (unpaired) electrons. The average molecular weight is 320 g/mol. The summed E-state index contributed by atoms with van der Waals surface area (Å²) in [6.07, 6.45) is 1.21. The number of piperidine rings is 1. The molecule has 1 aromatic heterocycles. The zero-order valence-corrected chi connectivity index (χ0v) is 15.0. The SMILES string of the molecule is COC(=O)c1c(C)[nH]c(C(=O)[C@@H](C)N2C[C@@H](C)C[C@H](C)C2)c1C. The van der Waals surface area contributed by atoms with Crippen LogP contribution in [0.1, 0.15) is 59.3 Å². The van der Waals surface area contributed by atoms with E-state index in [2.05, 4.69) is 23.7 Å². The van der Waals surface area contributed by atoms with Gasteiger partial charge in [-0.2, -0.15) is 0 Å². The lowest BCUT2D eigenvalue weighted by Crippen LogP contribution is -2.47. The second kappa shape index (κ2) is 6.87. The molecule has 2 heterocycles. The molecule has 23 heavy (non-hydrogen) atoms. The van der Waals surface area contributed by atoms with Crippen molar-refractivity contribution in [2.75, 3.05) is 20.2 Å². The number of rotatable bonds is 4. The van der Waals surface area contributed by atoms with Gasteiger partial charge in [0.25, 0.3) is 0 Å². The van der Waals surface area contributed by atoms with E-state index in [0.29, 0.717) is 34.4 Å². The monoisotopic (exact) mass is 320 g/mol. The van der Waals surface area contributed by atoms with E-state index in [1.807, 2.05) is 6.92 Å². The Labute approximate surface area is 138 Å². The summed E-state index contributed by atoms with van der Waals surface area (Å²) in [6, 6.07) is -0.192. The number of hydrogen-bond acceptors (Lipinski definition) is 4. The highest BCUT2D eigenvalue weighted by molar-refractivity contribution is 6.03. The number of carbonyl (C=O) groups excluding carboxylic acids is 2. The predicted molar refractivity (Wildman–Crippen MR) is 89.9 cm³/mol. The second-order valence-corrected chi connectivity index (χ2v) is 7.06. The molecule has 0 bridgehead atoms. The highest BCUT2D eigenvalue weighted by Crippen LogP contribution is 2.25. The Morgan fingerprint density at radius 3 is 2.30 bits per heavy atom. The van der Waals surface area contributed by atoms with Gasteiger partial charge in [-0.1, -0.05) is 13.8 Å². The van der Waals surface area contributed by atoms with Gasteiger partial charge in [-0.15, -0.1) is 0 Å². The Morgan fingerprint density at radius 1 is 1.22 bits per heavy atom. The van der Waals surface area contributed by atoms with E-state index >= 15 is 0 Å². The second-order valence-electron chi connectivity index (χ2n) is 7.06. The van der Waals surface area contributed by atoms with Gasteiger partial charge in [-0.3, -0.25) is 9.69 Å². The van der Waals surface area contributed by atoms with E-state index in [-0.39, 0.29) is 11.8 Å². The van der Waals surface area contributed by atoms with Gasteiger partial charge in [0.15, 0.2) is 5.78 Å². The molecule has 1 aliphatic rings. The summed E-state index contributed by atoms with van der Waals surface area (Å²) in [6.45, 7) is 11.9. The Balaban J connectivity index is 2.25. The van der Waals surface area contributed by atoms with E-state index in [4.69, 9.17) is 4.74 Å². The number of nitrogens with zero attached hydrogens (tertiary/aromatic N) is 1. The molecule has 0 saturated carbocycles. The fraction of sp³-hybridized carbons (Fsp3) is 0.667. The van der Waals surface area contributed by atoms with Gasteiger partial charge in [-0.25, -0.2) is 4.79 Å². The van der Waals surface area contributed by atoms with Crippen LogP contribution >= 0.6 is 0 Å². The first-order valence-electron chi connectivity index (χ1n) is 8.31.